The van der Waals surface area contributed by atoms with E-state index in [1.807, 2.05) is 0 Å². The van der Waals surface area contributed by atoms with E-state index in [1.165, 1.54) is 109 Å². The third kappa shape index (κ3) is 48.0. The molecule has 0 radical (unpaired) electrons. The number of esters is 3. The second kappa shape index (κ2) is 49.8. The first-order chi connectivity index (χ1) is 30.0. The molecule has 6 heteroatoms. The van der Waals surface area contributed by atoms with Gasteiger partial charge in [-0.25, -0.2) is 0 Å². The highest BCUT2D eigenvalue weighted by Gasteiger charge is 2.19. The molecular weight excluding hydrogens is 757 g/mol. The van der Waals surface area contributed by atoms with Crippen molar-refractivity contribution in [2.45, 2.75) is 258 Å². The number of hydrogen-bond acceptors (Lipinski definition) is 6. The van der Waals surface area contributed by atoms with Gasteiger partial charge < -0.3 is 14.2 Å². The summed E-state index contributed by atoms with van der Waals surface area (Å²) in [5, 5.41) is 0. The molecule has 1 unspecified atom stereocenters. The van der Waals surface area contributed by atoms with Crippen molar-refractivity contribution >= 4 is 17.9 Å². The van der Waals surface area contributed by atoms with Gasteiger partial charge in [0.15, 0.2) is 6.10 Å². The van der Waals surface area contributed by atoms with Crippen LogP contribution in [0.25, 0.3) is 0 Å². The number of unbranched alkanes of at least 4 members (excludes halogenated alkanes) is 25. The Bertz CT molecular complexity index is 1120. The van der Waals surface area contributed by atoms with Crippen LogP contribution in [-0.2, 0) is 28.6 Å². The Morgan fingerprint density at radius 2 is 0.623 bits per heavy atom. The molecule has 0 aliphatic heterocycles. The van der Waals surface area contributed by atoms with Crippen LogP contribution < -0.4 is 0 Å². The van der Waals surface area contributed by atoms with Crippen LogP contribution in [0.15, 0.2) is 60.8 Å². The zero-order valence-corrected chi connectivity index (χ0v) is 40.2. The van der Waals surface area contributed by atoms with E-state index in [9.17, 15) is 14.4 Å². The predicted octanol–water partition coefficient (Wildman–Crippen LogP) is 16.9. The molecule has 0 saturated carbocycles. The fraction of sp³-hybridized carbons (Fsp3) is 0.764. The molecule has 61 heavy (non-hydrogen) atoms. The van der Waals surface area contributed by atoms with Crippen LogP contribution in [0, 0.1) is 0 Å². The molecule has 0 rings (SSSR count). The lowest BCUT2D eigenvalue weighted by Gasteiger charge is -2.18. The highest BCUT2D eigenvalue weighted by Crippen LogP contribution is 2.14. The fourth-order valence-corrected chi connectivity index (χ4v) is 7.03. The zero-order chi connectivity index (χ0) is 44.4. The van der Waals surface area contributed by atoms with Crippen LogP contribution in [0.4, 0.5) is 0 Å². The lowest BCUT2D eigenvalue weighted by molar-refractivity contribution is -0.167. The van der Waals surface area contributed by atoms with Gasteiger partial charge in [-0.15, -0.1) is 0 Å². The third-order valence-corrected chi connectivity index (χ3v) is 10.9. The molecule has 0 fully saturated rings. The highest BCUT2D eigenvalue weighted by atomic mass is 16.6. The number of carbonyl (C=O) groups is 3. The van der Waals surface area contributed by atoms with Gasteiger partial charge in [0.1, 0.15) is 13.2 Å². The minimum absolute atomic E-state index is 0.0866. The summed E-state index contributed by atoms with van der Waals surface area (Å²) in [5.74, 6) is -0.917. The summed E-state index contributed by atoms with van der Waals surface area (Å²) in [5.41, 5.74) is 0. The number of carbonyl (C=O) groups excluding carboxylic acids is 3. The maximum absolute atomic E-state index is 12.7. The largest absolute Gasteiger partial charge is 0.462 e. The molecule has 0 bridgehead atoms. The summed E-state index contributed by atoms with van der Waals surface area (Å²) in [4.78, 5) is 37.9. The first-order valence-corrected chi connectivity index (χ1v) is 25.8. The molecule has 352 valence electrons. The van der Waals surface area contributed by atoms with Gasteiger partial charge in [0.2, 0.25) is 0 Å². The van der Waals surface area contributed by atoms with Crippen molar-refractivity contribution in [3.8, 4) is 0 Å². The van der Waals surface area contributed by atoms with E-state index in [4.69, 9.17) is 14.2 Å². The van der Waals surface area contributed by atoms with Crippen molar-refractivity contribution in [1.29, 1.82) is 0 Å². The molecule has 0 aromatic rings. The quantitative estimate of drug-likeness (QED) is 0.0263. The van der Waals surface area contributed by atoms with Crippen molar-refractivity contribution < 1.29 is 28.6 Å². The lowest BCUT2D eigenvalue weighted by atomic mass is 10.1. The Morgan fingerprint density at radius 3 is 1.03 bits per heavy atom. The molecule has 0 aromatic carbocycles. The summed E-state index contributed by atoms with van der Waals surface area (Å²) in [6.07, 6.45) is 60.6. The second-order valence-electron chi connectivity index (χ2n) is 17.1. The van der Waals surface area contributed by atoms with Crippen molar-refractivity contribution in [3.05, 3.63) is 60.8 Å². The van der Waals surface area contributed by atoms with Gasteiger partial charge in [-0.1, -0.05) is 191 Å². The molecule has 6 nitrogen and oxygen atoms in total. The summed E-state index contributed by atoms with van der Waals surface area (Å²) < 4.78 is 16.7. The SMILES string of the molecule is CCC/C=C\CCCCCCCC(=O)OCC(COC(=O)CCCCCCCC/C=C\C/C=C\C/C=C\CCCCCCC)OC(=O)CCCCCCC/C=C\CCCCC. The van der Waals surface area contributed by atoms with Crippen LogP contribution in [0.3, 0.4) is 0 Å². The van der Waals surface area contributed by atoms with Gasteiger partial charge in [0.05, 0.1) is 0 Å². The monoisotopic (exact) mass is 853 g/mol. The average molecular weight is 853 g/mol. The molecule has 1 atom stereocenters. The molecule has 0 aromatic heterocycles. The van der Waals surface area contributed by atoms with Crippen molar-refractivity contribution in [2.24, 2.45) is 0 Å². The van der Waals surface area contributed by atoms with Crippen LogP contribution >= 0.6 is 0 Å². The standard InChI is InChI=1S/C55H96O6/c1-4-7-10-13-16-19-22-24-25-26-27-28-29-30-31-32-34-36-39-42-45-48-54(57)60-51-52(50-59-53(56)47-44-41-38-35-21-18-15-12-9-6-3)61-55(58)49-46-43-40-37-33-23-20-17-14-11-8-5-2/h12,15,17,20,22,24,26-27,29-30,52H,4-11,13-14,16,18-19,21,23,25,28,31-51H2,1-3H3/b15-12-,20-17-,24-22-,27-26-,30-29-. The van der Waals surface area contributed by atoms with Crippen molar-refractivity contribution in [1.82, 2.24) is 0 Å². The molecular formula is C55H96O6. The second-order valence-corrected chi connectivity index (χ2v) is 17.1. The highest BCUT2D eigenvalue weighted by molar-refractivity contribution is 5.71. The number of allylic oxidation sites excluding steroid dienone is 10. The summed E-state index contributed by atoms with van der Waals surface area (Å²) >= 11 is 0. The summed E-state index contributed by atoms with van der Waals surface area (Å²) in [6, 6.07) is 0. The lowest BCUT2D eigenvalue weighted by Crippen LogP contribution is -2.30. The maximum atomic E-state index is 12.7. The molecule has 0 heterocycles. The van der Waals surface area contributed by atoms with E-state index < -0.39 is 6.10 Å². The van der Waals surface area contributed by atoms with Crippen molar-refractivity contribution in [2.75, 3.05) is 13.2 Å². The number of hydrogen-bond donors (Lipinski definition) is 0. The number of rotatable bonds is 46. The number of ether oxygens (including phenoxy) is 3. The first kappa shape index (κ1) is 58.1. The average Bonchev–Trinajstić information content (AvgIpc) is 3.26. The van der Waals surface area contributed by atoms with Gasteiger partial charge in [0.25, 0.3) is 0 Å². The minimum atomic E-state index is -0.785. The molecule has 0 saturated heterocycles. The Morgan fingerprint density at radius 1 is 0.328 bits per heavy atom. The fourth-order valence-electron chi connectivity index (χ4n) is 7.03. The van der Waals surface area contributed by atoms with Crippen LogP contribution in [0.2, 0.25) is 0 Å². The predicted molar refractivity (Wildman–Crippen MR) is 261 cm³/mol. The summed E-state index contributed by atoms with van der Waals surface area (Å²) in [6.45, 7) is 6.51. The Labute approximate surface area is 377 Å². The molecule has 0 amide bonds. The van der Waals surface area contributed by atoms with E-state index in [0.717, 1.165) is 103 Å². The van der Waals surface area contributed by atoms with E-state index in [1.54, 1.807) is 0 Å². The third-order valence-electron chi connectivity index (χ3n) is 10.9. The Hall–Kier alpha value is -2.89. The first-order valence-electron chi connectivity index (χ1n) is 25.8. The van der Waals surface area contributed by atoms with Crippen LogP contribution in [0.5, 0.6) is 0 Å². The van der Waals surface area contributed by atoms with Gasteiger partial charge in [-0.2, -0.15) is 0 Å². The van der Waals surface area contributed by atoms with Crippen LogP contribution in [0.1, 0.15) is 252 Å². The molecule has 0 aliphatic rings. The summed E-state index contributed by atoms with van der Waals surface area (Å²) in [7, 11) is 0. The Balaban J connectivity index is 4.32. The van der Waals surface area contributed by atoms with Gasteiger partial charge in [-0.05, 0) is 103 Å². The maximum Gasteiger partial charge on any atom is 0.306 e. The van der Waals surface area contributed by atoms with Gasteiger partial charge >= 0.3 is 17.9 Å². The van der Waals surface area contributed by atoms with Gasteiger partial charge in [0, 0.05) is 19.3 Å². The van der Waals surface area contributed by atoms with Gasteiger partial charge in [-0.3, -0.25) is 14.4 Å². The topological polar surface area (TPSA) is 78.9 Å². The molecule has 0 N–H and O–H groups in total. The smallest absolute Gasteiger partial charge is 0.306 e. The minimum Gasteiger partial charge on any atom is -0.462 e. The van der Waals surface area contributed by atoms with Crippen molar-refractivity contribution in [3.63, 3.8) is 0 Å². The normalized spacial score (nSPS) is 12.5. The Kier molecular flexibility index (Phi) is 47.4. The van der Waals surface area contributed by atoms with E-state index in [2.05, 4.69) is 81.5 Å². The van der Waals surface area contributed by atoms with E-state index in [0.29, 0.717) is 19.3 Å². The van der Waals surface area contributed by atoms with E-state index in [-0.39, 0.29) is 31.1 Å². The molecule has 0 aliphatic carbocycles. The zero-order valence-electron chi connectivity index (χ0n) is 40.2. The van der Waals surface area contributed by atoms with E-state index >= 15 is 0 Å². The molecule has 0 spiro atoms. The van der Waals surface area contributed by atoms with Crippen LogP contribution in [-0.4, -0.2) is 37.2 Å².